The molecule has 0 aliphatic heterocycles. The highest BCUT2D eigenvalue weighted by atomic mass is 15.2. The summed E-state index contributed by atoms with van der Waals surface area (Å²) >= 11 is 0. The number of nitrogens with two attached hydrogens (primary N) is 1. The zero-order valence-corrected chi connectivity index (χ0v) is 10.9. The van der Waals surface area contributed by atoms with Crippen molar-refractivity contribution in [1.82, 2.24) is 15.1 Å². The van der Waals surface area contributed by atoms with Gasteiger partial charge in [-0.15, -0.1) is 0 Å². The summed E-state index contributed by atoms with van der Waals surface area (Å²) in [5, 5.41) is 7.80. The standard InChI is InChI=1S/C13H24N4/c1-13(6-4-3-5-7-13)15-9-12(14)11-8-16-17(2)10-11/h8,10,12,15H,3-7,9,14H2,1-2H3. The van der Waals surface area contributed by atoms with E-state index in [0.717, 1.165) is 12.1 Å². The van der Waals surface area contributed by atoms with Crippen LogP contribution in [0.2, 0.25) is 0 Å². The maximum absolute atomic E-state index is 6.17. The predicted octanol–water partition coefficient (Wildman–Crippen LogP) is 1.73. The molecule has 1 aromatic rings. The van der Waals surface area contributed by atoms with Crippen molar-refractivity contribution < 1.29 is 0 Å². The van der Waals surface area contributed by atoms with Gasteiger partial charge in [-0.2, -0.15) is 5.10 Å². The number of hydrogen-bond donors (Lipinski definition) is 2. The molecule has 1 aromatic heterocycles. The third kappa shape index (κ3) is 3.30. The van der Waals surface area contributed by atoms with Gasteiger partial charge in [0.2, 0.25) is 0 Å². The molecule has 3 N–H and O–H groups in total. The Bertz CT molecular complexity index is 352. The van der Waals surface area contributed by atoms with Gasteiger partial charge in [-0.3, -0.25) is 4.68 Å². The number of nitrogens with one attached hydrogen (secondary N) is 1. The number of nitrogens with zero attached hydrogens (tertiary/aromatic N) is 2. The van der Waals surface area contributed by atoms with Gasteiger partial charge in [0.15, 0.2) is 0 Å². The maximum Gasteiger partial charge on any atom is 0.0537 e. The molecule has 1 saturated carbocycles. The van der Waals surface area contributed by atoms with E-state index < -0.39 is 0 Å². The van der Waals surface area contributed by atoms with Crippen LogP contribution >= 0.6 is 0 Å². The van der Waals surface area contributed by atoms with Crippen molar-refractivity contribution in [2.24, 2.45) is 12.8 Å². The number of hydrogen-bond acceptors (Lipinski definition) is 3. The van der Waals surface area contributed by atoms with Gasteiger partial charge in [-0.05, 0) is 19.8 Å². The first-order chi connectivity index (χ1) is 8.09. The van der Waals surface area contributed by atoms with E-state index in [-0.39, 0.29) is 11.6 Å². The lowest BCUT2D eigenvalue weighted by atomic mass is 9.83. The van der Waals surface area contributed by atoms with E-state index in [4.69, 9.17) is 5.73 Å². The van der Waals surface area contributed by atoms with Crippen LogP contribution in [0.1, 0.15) is 50.6 Å². The van der Waals surface area contributed by atoms with Gasteiger partial charge in [-0.1, -0.05) is 19.3 Å². The lowest BCUT2D eigenvalue weighted by Gasteiger charge is -2.35. The highest BCUT2D eigenvalue weighted by molar-refractivity contribution is 5.10. The summed E-state index contributed by atoms with van der Waals surface area (Å²) in [6.07, 6.45) is 10.5. The average molecular weight is 236 g/mol. The number of aryl methyl sites for hydroxylation is 1. The summed E-state index contributed by atoms with van der Waals surface area (Å²) in [5.74, 6) is 0. The molecule has 4 nitrogen and oxygen atoms in total. The second-order valence-corrected chi connectivity index (χ2v) is 5.56. The number of rotatable bonds is 4. The van der Waals surface area contributed by atoms with Crippen LogP contribution in [-0.2, 0) is 7.05 Å². The van der Waals surface area contributed by atoms with Gasteiger partial charge in [0.1, 0.15) is 0 Å². The minimum Gasteiger partial charge on any atom is -0.323 e. The summed E-state index contributed by atoms with van der Waals surface area (Å²) in [6, 6.07) is 0.0439. The average Bonchev–Trinajstić information content (AvgIpc) is 2.74. The van der Waals surface area contributed by atoms with E-state index in [1.807, 2.05) is 19.4 Å². The fourth-order valence-corrected chi connectivity index (χ4v) is 2.61. The molecule has 0 saturated heterocycles. The number of aromatic nitrogens is 2. The lowest BCUT2D eigenvalue weighted by Crippen LogP contribution is -2.46. The molecule has 2 rings (SSSR count). The SMILES string of the molecule is Cn1cc(C(N)CNC2(C)CCCCC2)cn1. The summed E-state index contributed by atoms with van der Waals surface area (Å²) in [7, 11) is 1.92. The normalized spacial score (nSPS) is 21.4. The first kappa shape index (κ1) is 12.6. The molecule has 1 aliphatic rings. The minimum absolute atomic E-state index is 0.0439. The molecule has 0 radical (unpaired) electrons. The van der Waals surface area contributed by atoms with Gasteiger partial charge in [-0.25, -0.2) is 0 Å². The first-order valence-corrected chi connectivity index (χ1v) is 6.58. The highest BCUT2D eigenvalue weighted by Gasteiger charge is 2.26. The molecular formula is C13H24N4. The van der Waals surface area contributed by atoms with Crippen LogP contribution in [0.5, 0.6) is 0 Å². The highest BCUT2D eigenvalue weighted by Crippen LogP contribution is 2.27. The molecule has 1 atom stereocenters. The summed E-state index contributed by atoms with van der Waals surface area (Å²) < 4.78 is 1.80. The Balaban J connectivity index is 1.85. The molecule has 4 heteroatoms. The second-order valence-electron chi connectivity index (χ2n) is 5.56. The molecule has 1 unspecified atom stereocenters. The van der Waals surface area contributed by atoms with E-state index >= 15 is 0 Å². The molecule has 1 heterocycles. The fraction of sp³-hybridized carbons (Fsp3) is 0.769. The van der Waals surface area contributed by atoms with Crippen LogP contribution in [0.15, 0.2) is 12.4 Å². The molecule has 17 heavy (non-hydrogen) atoms. The van der Waals surface area contributed by atoms with Crippen molar-refractivity contribution in [1.29, 1.82) is 0 Å². The van der Waals surface area contributed by atoms with E-state index in [0.29, 0.717) is 0 Å². The Hall–Kier alpha value is -0.870. The van der Waals surface area contributed by atoms with Crippen molar-refractivity contribution >= 4 is 0 Å². The van der Waals surface area contributed by atoms with Crippen molar-refractivity contribution in [3.63, 3.8) is 0 Å². The molecule has 0 bridgehead atoms. The van der Waals surface area contributed by atoms with Gasteiger partial charge in [0, 0.05) is 36.9 Å². The quantitative estimate of drug-likeness (QED) is 0.837. The van der Waals surface area contributed by atoms with Crippen LogP contribution in [0.3, 0.4) is 0 Å². The van der Waals surface area contributed by atoms with Gasteiger partial charge < -0.3 is 11.1 Å². The van der Waals surface area contributed by atoms with Crippen LogP contribution < -0.4 is 11.1 Å². The Labute approximate surface area is 104 Å². The lowest BCUT2D eigenvalue weighted by molar-refractivity contribution is 0.250. The predicted molar refractivity (Wildman–Crippen MR) is 69.6 cm³/mol. The molecule has 1 aliphatic carbocycles. The smallest absolute Gasteiger partial charge is 0.0537 e. The molecule has 0 spiro atoms. The Morgan fingerprint density at radius 3 is 2.76 bits per heavy atom. The van der Waals surface area contributed by atoms with E-state index in [1.54, 1.807) is 4.68 Å². The van der Waals surface area contributed by atoms with Crippen molar-refractivity contribution in [2.45, 2.75) is 50.6 Å². The van der Waals surface area contributed by atoms with Crippen molar-refractivity contribution in [2.75, 3.05) is 6.54 Å². The van der Waals surface area contributed by atoms with Crippen LogP contribution in [0.4, 0.5) is 0 Å². The molecule has 0 amide bonds. The summed E-state index contributed by atoms with van der Waals surface area (Å²) in [6.45, 7) is 3.16. The van der Waals surface area contributed by atoms with Crippen LogP contribution in [0, 0.1) is 0 Å². The van der Waals surface area contributed by atoms with Crippen LogP contribution in [-0.4, -0.2) is 21.9 Å². The largest absolute Gasteiger partial charge is 0.323 e. The minimum atomic E-state index is 0.0439. The zero-order valence-electron chi connectivity index (χ0n) is 10.9. The Kier molecular flexibility index (Phi) is 3.84. The molecule has 96 valence electrons. The van der Waals surface area contributed by atoms with Crippen molar-refractivity contribution in [3.05, 3.63) is 18.0 Å². The molecule has 0 aromatic carbocycles. The molecule has 1 fully saturated rings. The summed E-state index contributed by atoms with van der Waals surface area (Å²) in [5.41, 5.74) is 7.57. The molecular weight excluding hydrogens is 212 g/mol. The van der Waals surface area contributed by atoms with E-state index in [9.17, 15) is 0 Å². The Morgan fingerprint density at radius 2 is 2.18 bits per heavy atom. The first-order valence-electron chi connectivity index (χ1n) is 6.58. The van der Waals surface area contributed by atoms with E-state index in [2.05, 4.69) is 17.3 Å². The zero-order chi connectivity index (χ0) is 12.3. The van der Waals surface area contributed by atoms with E-state index in [1.165, 1.54) is 32.1 Å². The summed E-state index contributed by atoms with van der Waals surface area (Å²) in [4.78, 5) is 0. The van der Waals surface area contributed by atoms with Gasteiger partial charge >= 0.3 is 0 Å². The second kappa shape index (κ2) is 5.19. The monoisotopic (exact) mass is 236 g/mol. The van der Waals surface area contributed by atoms with Gasteiger partial charge in [0.05, 0.1) is 6.20 Å². The Morgan fingerprint density at radius 1 is 1.47 bits per heavy atom. The van der Waals surface area contributed by atoms with Gasteiger partial charge in [0.25, 0.3) is 0 Å². The topological polar surface area (TPSA) is 55.9 Å². The third-order valence-electron chi connectivity index (χ3n) is 3.86. The van der Waals surface area contributed by atoms with Crippen LogP contribution in [0.25, 0.3) is 0 Å². The third-order valence-corrected chi connectivity index (χ3v) is 3.86. The maximum atomic E-state index is 6.17. The fourth-order valence-electron chi connectivity index (χ4n) is 2.61. The van der Waals surface area contributed by atoms with Crippen molar-refractivity contribution in [3.8, 4) is 0 Å².